The maximum absolute atomic E-state index is 5.84. The quantitative estimate of drug-likeness (QED) is 0.889. The highest BCUT2D eigenvalue weighted by Crippen LogP contribution is 2.15. The third-order valence-electron chi connectivity index (χ3n) is 2.57. The Kier molecular flexibility index (Phi) is 3.99. The molecule has 1 aromatic heterocycles. The Morgan fingerprint density at radius 3 is 2.61 bits per heavy atom. The van der Waals surface area contributed by atoms with E-state index in [1.54, 1.807) is 13.2 Å². The van der Waals surface area contributed by atoms with Crippen LogP contribution in [-0.2, 0) is 6.54 Å². The molecular weight excluding hydrogens is 248 g/mol. The van der Waals surface area contributed by atoms with Crippen molar-refractivity contribution < 1.29 is 0 Å². The lowest BCUT2D eigenvalue weighted by Gasteiger charge is -2.09. The molecule has 2 rings (SSSR count). The van der Waals surface area contributed by atoms with Crippen LogP contribution in [0.5, 0.6) is 0 Å². The first-order chi connectivity index (χ1) is 8.69. The number of aromatic nitrogens is 2. The minimum Gasteiger partial charge on any atom is -0.366 e. The summed E-state index contributed by atoms with van der Waals surface area (Å²) in [7, 11) is 1.80. The van der Waals surface area contributed by atoms with Crippen LogP contribution in [0.3, 0.4) is 0 Å². The molecule has 0 atom stereocenters. The fourth-order valence-electron chi connectivity index (χ4n) is 1.53. The van der Waals surface area contributed by atoms with Crippen LogP contribution in [0.15, 0.2) is 30.5 Å². The van der Waals surface area contributed by atoms with E-state index in [2.05, 4.69) is 20.6 Å². The van der Waals surface area contributed by atoms with Gasteiger partial charge in [-0.3, -0.25) is 0 Å². The van der Waals surface area contributed by atoms with Gasteiger partial charge in [-0.15, -0.1) is 0 Å². The third-order valence-corrected chi connectivity index (χ3v) is 2.82. The van der Waals surface area contributed by atoms with E-state index in [0.717, 1.165) is 22.0 Å². The summed E-state index contributed by atoms with van der Waals surface area (Å²) in [6.07, 6.45) is 1.79. The number of rotatable bonds is 4. The molecule has 0 bridgehead atoms. The highest BCUT2D eigenvalue weighted by Gasteiger charge is 2.02. The van der Waals surface area contributed by atoms with Gasteiger partial charge in [0.05, 0.1) is 0 Å². The smallest absolute Gasteiger partial charge is 0.224 e. The molecule has 4 nitrogen and oxygen atoms in total. The number of nitrogens with zero attached hydrogens (tertiary/aromatic N) is 2. The average Bonchev–Trinajstić information content (AvgIpc) is 2.40. The molecule has 0 saturated heterocycles. The Morgan fingerprint density at radius 1 is 1.22 bits per heavy atom. The van der Waals surface area contributed by atoms with Gasteiger partial charge in [0.15, 0.2) is 0 Å². The maximum Gasteiger partial charge on any atom is 0.224 e. The molecule has 2 aromatic rings. The summed E-state index contributed by atoms with van der Waals surface area (Å²) in [5.74, 6) is 1.45. The van der Waals surface area contributed by atoms with Crippen LogP contribution >= 0.6 is 11.6 Å². The number of nitrogens with one attached hydrogen (secondary N) is 2. The number of hydrogen-bond acceptors (Lipinski definition) is 4. The van der Waals surface area contributed by atoms with E-state index in [1.165, 1.54) is 0 Å². The minimum absolute atomic E-state index is 0.610. The number of halogens is 1. The van der Waals surface area contributed by atoms with E-state index in [4.69, 9.17) is 11.6 Å². The average molecular weight is 263 g/mol. The number of aryl methyl sites for hydroxylation is 1. The Hall–Kier alpha value is -1.81. The summed E-state index contributed by atoms with van der Waals surface area (Å²) >= 11 is 5.84. The van der Waals surface area contributed by atoms with E-state index >= 15 is 0 Å². The highest BCUT2D eigenvalue weighted by molar-refractivity contribution is 6.30. The Morgan fingerprint density at radius 2 is 1.94 bits per heavy atom. The summed E-state index contributed by atoms with van der Waals surface area (Å²) in [5, 5.41) is 6.95. The fraction of sp³-hybridized carbons (Fsp3) is 0.231. The summed E-state index contributed by atoms with van der Waals surface area (Å²) in [6.45, 7) is 2.68. The van der Waals surface area contributed by atoms with Crippen molar-refractivity contribution in [3.8, 4) is 0 Å². The molecule has 1 aromatic carbocycles. The second-order valence-electron chi connectivity index (χ2n) is 3.96. The predicted molar refractivity (Wildman–Crippen MR) is 75.1 cm³/mol. The van der Waals surface area contributed by atoms with Crippen molar-refractivity contribution in [2.45, 2.75) is 13.5 Å². The lowest BCUT2D eigenvalue weighted by molar-refractivity contribution is 1.06. The van der Waals surface area contributed by atoms with E-state index < -0.39 is 0 Å². The SMILES string of the molecule is CNc1ncc(C)c(NCc2ccc(Cl)cc2)n1. The Balaban J connectivity index is 2.07. The van der Waals surface area contributed by atoms with Crippen molar-refractivity contribution in [2.24, 2.45) is 0 Å². The molecule has 0 aliphatic rings. The first kappa shape index (κ1) is 12.6. The molecule has 5 heteroatoms. The zero-order valence-electron chi connectivity index (χ0n) is 10.4. The lowest BCUT2D eigenvalue weighted by atomic mass is 10.2. The zero-order valence-corrected chi connectivity index (χ0v) is 11.1. The highest BCUT2D eigenvalue weighted by atomic mass is 35.5. The monoisotopic (exact) mass is 262 g/mol. The van der Waals surface area contributed by atoms with Gasteiger partial charge in [0.25, 0.3) is 0 Å². The van der Waals surface area contributed by atoms with Crippen molar-refractivity contribution in [1.29, 1.82) is 0 Å². The second-order valence-corrected chi connectivity index (χ2v) is 4.39. The third kappa shape index (κ3) is 3.11. The molecule has 0 saturated carbocycles. The molecule has 2 N–H and O–H groups in total. The van der Waals surface area contributed by atoms with Crippen LogP contribution in [0.1, 0.15) is 11.1 Å². The molecule has 94 valence electrons. The maximum atomic E-state index is 5.84. The summed E-state index contributed by atoms with van der Waals surface area (Å²) in [4.78, 5) is 8.51. The van der Waals surface area contributed by atoms with Crippen molar-refractivity contribution in [3.63, 3.8) is 0 Å². The van der Waals surface area contributed by atoms with Gasteiger partial charge in [0.1, 0.15) is 5.82 Å². The molecule has 1 heterocycles. The van der Waals surface area contributed by atoms with Crippen molar-refractivity contribution >= 4 is 23.4 Å². The van der Waals surface area contributed by atoms with Gasteiger partial charge in [-0.05, 0) is 24.6 Å². The minimum atomic E-state index is 0.610. The van der Waals surface area contributed by atoms with Crippen LogP contribution in [0.25, 0.3) is 0 Å². The van der Waals surface area contributed by atoms with Gasteiger partial charge < -0.3 is 10.6 Å². The van der Waals surface area contributed by atoms with E-state index in [-0.39, 0.29) is 0 Å². The van der Waals surface area contributed by atoms with Crippen LogP contribution in [0.4, 0.5) is 11.8 Å². The summed E-state index contributed by atoms with van der Waals surface area (Å²) in [6, 6.07) is 7.74. The van der Waals surface area contributed by atoms with Gasteiger partial charge in [-0.25, -0.2) is 4.98 Å². The van der Waals surface area contributed by atoms with Crippen LogP contribution in [0, 0.1) is 6.92 Å². The summed E-state index contributed by atoms with van der Waals surface area (Å²) < 4.78 is 0. The van der Waals surface area contributed by atoms with Crippen molar-refractivity contribution in [2.75, 3.05) is 17.7 Å². The predicted octanol–water partition coefficient (Wildman–Crippen LogP) is 3.09. The van der Waals surface area contributed by atoms with Gasteiger partial charge in [-0.1, -0.05) is 23.7 Å². The van der Waals surface area contributed by atoms with Crippen LogP contribution < -0.4 is 10.6 Å². The van der Waals surface area contributed by atoms with Crippen molar-refractivity contribution in [1.82, 2.24) is 9.97 Å². The molecule has 0 radical (unpaired) electrons. The number of hydrogen-bond donors (Lipinski definition) is 2. The van der Waals surface area contributed by atoms with E-state index in [9.17, 15) is 0 Å². The number of anilines is 2. The van der Waals surface area contributed by atoms with Crippen molar-refractivity contribution in [3.05, 3.63) is 46.6 Å². The molecule has 0 spiro atoms. The normalized spacial score (nSPS) is 10.2. The van der Waals surface area contributed by atoms with E-state index in [1.807, 2.05) is 31.2 Å². The van der Waals surface area contributed by atoms with Gasteiger partial charge in [-0.2, -0.15) is 4.98 Å². The van der Waals surface area contributed by atoms with Gasteiger partial charge >= 0.3 is 0 Å². The fourth-order valence-corrected chi connectivity index (χ4v) is 1.66. The molecule has 0 fully saturated rings. The topological polar surface area (TPSA) is 49.8 Å². The number of benzene rings is 1. The molecule has 0 aliphatic carbocycles. The second kappa shape index (κ2) is 5.69. The van der Waals surface area contributed by atoms with E-state index in [0.29, 0.717) is 12.5 Å². The van der Waals surface area contributed by atoms with Crippen LogP contribution in [-0.4, -0.2) is 17.0 Å². The Labute approximate surface area is 111 Å². The standard InChI is InChI=1S/C13H15ClN4/c1-9-7-17-13(15-2)18-12(9)16-8-10-3-5-11(14)6-4-10/h3-7H,8H2,1-2H3,(H2,15,16,17,18). The Bertz CT molecular complexity index is 525. The zero-order chi connectivity index (χ0) is 13.0. The summed E-state index contributed by atoms with van der Waals surface area (Å²) in [5.41, 5.74) is 2.17. The lowest BCUT2D eigenvalue weighted by Crippen LogP contribution is -2.06. The molecule has 18 heavy (non-hydrogen) atoms. The first-order valence-corrected chi connectivity index (χ1v) is 6.06. The molecule has 0 unspecified atom stereocenters. The van der Waals surface area contributed by atoms with Crippen LogP contribution in [0.2, 0.25) is 5.02 Å². The van der Waals surface area contributed by atoms with Gasteiger partial charge in [0, 0.05) is 30.4 Å². The van der Waals surface area contributed by atoms with Gasteiger partial charge in [0.2, 0.25) is 5.95 Å². The molecular formula is C13H15ClN4. The first-order valence-electron chi connectivity index (χ1n) is 5.69. The molecule has 0 amide bonds. The largest absolute Gasteiger partial charge is 0.366 e. The molecule has 0 aliphatic heterocycles.